The number of Topliss-reactive ketones (excluding diaryl/α,β-unsaturated/α-hetero) is 1. The first-order chi connectivity index (χ1) is 8.24. The van der Waals surface area contributed by atoms with E-state index in [-0.39, 0.29) is 5.78 Å². The second kappa shape index (κ2) is 5.15. The molecule has 1 aromatic carbocycles. The highest BCUT2D eigenvalue weighted by Crippen LogP contribution is 2.17. The van der Waals surface area contributed by atoms with Gasteiger partial charge in [-0.25, -0.2) is 0 Å². The Morgan fingerprint density at radius 2 is 2.00 bits per heavy atom. The van der Waals surface area contributed by atoms with Crippen LogP contribution in [0.1, 0.15) is 24.2 Å². The number of likely N-dealkylation sites (N-methyl/N-ethyl adjacent to an activating group) is 1. The van der Waals surface area contributed by atoms with E-state index < -0.39 is 0 Å². The third-order valence-corrected chi connectivity index (χ3v) is 3.04. The second-order valence-corrected chi connectivity index (χ2v) is 4.06. The number of carbonyl (C=O) groups excluding carboxylic acids is 1. The third kappa shape index (κ3) is 2.56. The second-order valence-electron chi connectivity index (χ2n) is 4.06. The molecule has 1 heterocycles. The Morgan fingerprint density at radius 1 is 1.24 bits per heavy atom. The lowest BCUT2D eigenvalue weighted by Gasteiger charge is -2.16. The van der Waals surface area contributed by atoms with Crippen LogP contribution in [0.4, 0.5) is 0 Å². The molecule has 0 aliphatic carbocycles. The summed E-state index contributed by atoms with van der Waals surface area (Å²) < 4.78 is 5.25. The lowest BCUT2D eigenvalue weighted by atomic mass is 10.1. The number of nitrogens with zero attached hydrogens (tertiary/aromatic N) is 1. The molecule has 17 heavy (non-hydrogen) atoms. The van der Waals surface area contributed by atoms with Crippen LogP contribution in [-0.2, 0) is 0 Å². The molecule has 1 aromatic heterocycles. The van der Waals surface area contributed by atoms with Gasteiger partial charge in [-0.2, -0.15) is 0 Å². The van der Waals surface area contributed by atoms with E-state index in [9.17, 15) is 4.79 Å². The van der Waals surface area contributed by atoms with Gasteiger partial charge in [-0.3, -0.25) is 9.69 Å². The fourth-order valence-corrected chi connectivity index (χ4v) is 1.88. The van der Waals surface area contributed by atoms with Crippen molar-refractivity contribution in [2.75, 3.05) is 19.6 Å². The van der Waals surface area contributed by atoms with Crippen LogP contribution in [0.3, 0.4) is 0 Å². The summed E-state index contributed by atoms with van der Waals surface area (Å²) in [4.78, 5) is 14.2. The molecule has 0 saturated carbocycles. The van der Waals surface area contributed by atoms with E-state index >= 15 is 0 Å². The summed E-state index contributed by atoms with van der Waals surface area (Å²) >= 11 is 0. The van der Waals surface area contributed by atoms with Crippen molar-refractivity contribution in [3.8, 4) is 0 Å². The molecule has 0 saturated heterocycles. The van der Waals surface area contributed by atoms with Crippen LogP contribution in [0.2, 0.25) is 0 Å². The maximum absolute atomic E-state index is 12.1. The molecule has 0 bridgehead atoms. The van der Waals surface area contributed by atoms with Gasteiger partial charge in [0.15, 0.2) is 5.78 Å². The van der Waals surface area contributed by atoms with Gasteiger partial charge in [0.25, 0.3) is 0 Å². The molecular formula is C14H17NO2. The topological polar surface area (TPSA) is 33.5 Å². The Balaban J connectivity index is 2.18. The van der Waals surface area contributed by atoms with Crippen molar-refractivity contribution < 1.29 is 9.21 Å². The van der Waals surface area contributed by atoms with Gasteiger partial charge < -0.3 is 4.42 Å². The first-order valence-electron chi connectivity index (χ1n) is 5.97. The van der Waals surface area contributed by atoms with Crippen LogP contribution in [0.5, 0.6) is 0 Å². The lowest BCUT2D eigenvalue weighted by molar-refractivity contribution is 0.0937. The first-order valence-corrected chi connectivity index (χ1v) is 5.97. The molecule has 0 aliphatic rings. The van der Waals surface area contributed by atoms with Crippen molar-refractivity contribution in [3.63, 3.8) is 0 Å². The van der Waals surface area contributed by atoms with Crippen LogP contribution in [0, 0.1) is 0 Å². The molecular weight excluding hydrogens is 214 g/mol. The molecule has 0 unspecified atom stereocenters. The number of ketones is 1. The van der Waals surface area contributed by atoms with Crippen molar-refractivity contribution in [2.24, 2.45) is 0 Å². The molecule has 0 fully saturated rings. The summed E-state index contributed by atoms with van der Waals surface area (Å²) in [5, 5.41) is 0.982. The van der Waals surface area contributed by atoms with E-state index in [2.05, 4.69) is 18.7 Å². The van der Waals surface area contributed by atoms with E-state index in [0.717, 1.165) is 29.6 Å². The number of carbonyl (C=O) groups is 1. The number of hydrogen-bond donors (Lipinski definition) is 0. The predicted molar refractivity (Wildman–Crippen MR) is 68.3 cm³/mol. The van der Waals surface area contributed by atoms with E-state index in [1.54, 1.807) is 6.26 Å². The molecule has 3 heteroatoms. The first kappa shape index (κ1) is 11.9. The number of fused-ring (bicyclic) bond motifs is 1. The monoisotopic (exact) mass is 231 g/mol. The fraction of sp³-hybridized carbons (Fsp3) is 0.357. The molecule has 2 aromatic rings. The van der Waals surface area contributed by atoms with Crippen molar-refractivity contribution in [1.82, 2.24) is 4.90 Å². The number of benzene rings is 1. The minimum absolute atomic E-state index is 0.164. The Morgan fingerprint density at radius 3 is 2.71 bits per heavy atom. The molecule has 0 N–H and O–H groups in total. The zero-order valence-corrected chi connectivity index (χ0v) is 10.3. The van der Waals surface area contributed by atoms with E-state index in [0.29, 0.717) is 6.54 Å². The Labute approximate surface area is 101 Å². The standard InChI is InChI=1S/C14H17NO2/c1-3-15(4-2)10-13(16)11-5-6-14-12(9-11)7-8-17-14/h5-9H,3-4,10H2,1-2H3. The van der Waals surface area contributed by atoms with Gasteiger partial charge >= 0.3 is 0 Å². The predicted octanol–water partition coefficient (Wildman–Crippen LogP) is 2.96. The Bertz CT molecular complexity index is 512. The van der Waals surface area contributed by atoms with Crippen LogP contribution >= 0.6 is 0 Å². The van der Waals surface area contributed by atoms with Crippen molar-refractivity contribution >= 4 is 16.8 Å². The van der Waals surface area contributed by atoms with Crippen LogP contribution in [0.15, 0.2) is 34.9 Å². The molecule has 0 atom stereocenters. The highest BCUT2D eigenvalue weighted by molar-refractivity contribution is 6.00. The van der Waals surface area contributed by atoms with Gasteiger partial charge in [-0.05, 0) is 37.4 Å². The summed E-state index contributed by atoms with van der Waals surface area (Å²) in [7, 11) is 0. The zero-order chi connectivity index (χ0) is 12.3. The molecule has 3 nitrogen and oxygen atoms in total. The van der Waals surface area contributed by atoms with Gasteiger partial charge in [0, 0.05) is 10.9 Å². The quantitative estimate of drug-likeness (QED) is 0.742. The third-order valence-electron chi connectivity index (χ3n) is 3.04. The van der Waals surface area contributed by atoms with Crippen LogP contribution in [0.25, 0.3) is 11.0 Å². The highest BCUT2D eigenvalue weighted by Gasteiger charge is 2.10. The average Bonchev–Trinajstić information content (AvgIpc) is 2.82. The average molecular weight is 231 g/mol. The van der Waals surface area contributed by atoms with Gasteiger partial charge in [0.2, 0.25) is 0 Å². The largest absolute Gasteiger partial charge is 0.464 e. The summed E-state index contributed by atoms with van der Waals surface area (Å²) in [6, 6.07) is 7.46. The molecule has 0 amide bonds. The minimum atomic E-state index is 0.164. The van der Waals surface area contributed by atoms with Crippen LogP contribution < -0.4 is 0 Å². The maximum atomic E-state index is 12.1. The Kier molecular flexibility index (Phi) is 3.59. The SMILES string of the molecule is CCN(CC)CC(=O)c1ccc2occc2c1. The number of hydrogen-bond acceptors (Lipinski definition) is 3. The molecule has 90 valence electrons. The van der Waals surface area contributed by atoms with E-state index in [4.69, 9.17) is 4.42 Å². The van der Waals surface area contributed by atoms with Crippen molar-refractivity contribution in [1.29, 1.82) is 0 Å². The summed E-state index contributed by atoms with van der Waals surface area (Å²) in [5.41, 5.74) is 1.58. The summed E-state index contributed by atoms with van der Waals surface area (Å²) in [6.07, 6.45) is 1.64. The van der Waals surface area contributed by atoms with Gasteiger partial charge in [0.1, 0.15) is 5.58 Å². The fourth-order valence-electron chi connectivity index (χ4n) is 1.88. The molecule has 0 aliphatic heterocycles. The lowest BCUT2D eigenvalue weighted by Crippen LogP contribution is -2.29. The number of rotatable bonds is 5. The number of furan rings is 1. The van der Waals surface area contributed by atoms with Crippen molar-refractivity contribution in [3.05, 3.63) is 36.1 Å². The van der Waals surface area contributed by atoms with Gasteiger partial charge in [0.05, 0.1) is 12.8 Å². The zero-order valence-electron chi connectivity index (χ0n) is 10.3. The minimum Gasteiger partial charge on any atom is -0.464 e. The van der Waals surface area contributed by atoms with Crippen molar-refractivity contribution in [2.45, 2.75) is 13.8 Å². The smallest absolute Gasteiger partial charge is 0.176 e. The highest BCUT2D eigenvalue weighted by atomic mass is 16.3. The molecule has 2 rings (SSSR count). The Hall–Kier alpha value is -1.61. The van der Waals surface area contributed by atoms with Crippen LogP contribution in [-0.4, -0.2) is 30.3 Å². The summed E-state index contributed by atoms with van der Waals surface area (Å²) in [6.45, 7) is 6.41. The molecule has 0 radical (unpaired) electrons. The normalized spacial score (nSPS) is 11.2. The maximum Gasteiger partial charge on any atom is 0.176 e. The van der Waals surface area contributed by atoms with E-state index in [1.807, 2.05) is 24.3 Å². The van der Waals surface area contributed by atoms with Gasteiger partial charge in [-0.15, -0.1) is 0 Å². The molecule has 0 spiro atoms. The van der Waals surface area contributed by atoms with E-state index in [1.165, 1.54) is 0 Å². The summed E-state index contributed by atoms with van der Waals surface area (Å²) in [5.74, 6) is 0.164. The van der Waals surface area contributed by atoms with Gasteiger partial charge in [-0.1, -0.05) is 13.8 Å².